The highest BCUT2D eigenvalue weighted by molar-refractivity contribution is 5.80. The minimum Gasteiger partial charge on any atom is -0.478 e. The molecule has 0 aliphatic heterocycles. The lowest BCUT2D eigenvalue weighted by Crippen LogP contribution is -2.33. The number of nitrogens with one attached hydrogen (secondary N) is 1. The van der Waals surface area contributed by atoms with Crippen molar-refractivity contribution in [1.29, 1.82) is 0 Å². The van der Waals surface area contributed by atoms with Crippen molar-refractivity contribution in [1.82, 2.24) is 15.1 Å². The molecule has 1 N–H and O–H groups in total. The van der Waals surface area contributed by atoms with E-state index < -0.39 is 6.10 Å². The lowest BCUT2D eigenvalue weighted by atomic mass is 10.4. The monoisotopic (exact) mass is 211 g/mol. The van der Waals surface area contributed by atoms with Crippen LogP contribution in [0.15, 0.2) is 12.4 Å². The van der Waals surface area contributed by atoms with Gasteiger partial charge >= 0.3 is 0 Å². The van der Waals surface area contributed by atoms with Crippen molar-refractivity contribution in [2.24, 2.45) is 0 Å². The van der Waals surface area contributed by atoms with E-state index in [9.17, 15) is 4.79 Å². The molecular weight excluding hydrogens is 194 g/mol. The molecule has 84 valence electrons. The Balaban J connectivity index is 2.61. The zero-order valence-corrected chi connectivity index (χ0v) is 9.52. The Morgan fingerprint density at radius 3 is 2.67 bits per heavy atom. The molecule has 0 fully saturated rings. The van der Waals surface area contributed by atoms with Crippen molar-refractivity contribution in [3.05, 3.63) is 12.4 Å². The highest BCUT2D eigenvalue weighted by atomic mass is 16.5. The summed E-state index contributed by atoms with van der Waals surface area (Å²) in [6.45, 7) is 5.75. The number of rotatable bonds is 4. The van der Waals surface area contributed by atoms with Crippen LogP contribution in [0.4, 0.5) is 0 Å². The first-order chi connectivity index (χ1) is 7.04. The number of carbonyl (C=O) groups excluding carboxylic acids is 1. The molecule has 1 atom stereocenters. The molecule has 1 aromatic heterocycles. The highest BCUT2D eigenvalue weighted by Gasteiger charge is 2.13. The van der Waals surface area contributed by atoms with Gasteiger partial charge in [0.15, 0.2) is 11.9 Å². The summed E-state index contributed by atoms with van der Waals surface area (Å²) in [5.41, 5.74) is 0. The number of amides is 1. The summed E-state index contributed by atoms with van der Waals surface area (Å²) in [6.07, 6.45) is 2.89. The summed E-state index contributed by atoms with van der Waals surface area (Å²) < 4.78 is 7.19. The average Bonchev–Trinajstić information content (AvgIpc) is 2.65. The molecule has 0 aromatic carbocycles. The first-order valence-corrected chi connectivity index (χ1v) is 4.97. The van der Waals surface area contributed by atoms with E-state index in [1.54, 1.807) is 31.0 Å². The van der Waals surface area contributed by atoms with Gasteiger partial charge in [-0.25, -0.2) is 0 Å². The lowest BCUT2D eigenvalue weighted by molar-refractivity contribution is -0.126. The van der Waals surface area contributed by atoms with Crippen molar-refractivity contribution >= 4 is 5.91 Å². The van der Waals surface area contributed by atoms with Crippen LogP contribution in [0.3, 0.4) is 0 Å². The fraction of sp³-hybridized carbons (Fsp3) is 0.600. The maximum Gasteiger partial charge on any atom is 0.260 e. The van der Waals surface area contributed by atoms with E-state index in [1.165, 1.54) is 0 Å². The predicted octanol–water partition coefficient (Wildman–Crippen LogP) is 0.977. The van der Waals surface area contributed by atoms with Crippen LogP contribution in [0.1, 0.15) is 26.8 Å². The molecule has 1 unspecified atom stereocenters. The molecule has 15 heavy (non-hydrogen) atoms. The second-order valence-corrected chi connectivity index (χ2v) is 3.62. The molecule has 1 aromatic rings. The minimum atomic E-state index is -0.500. The fourth-order valence-electron chi connectivity index (χ4n) is 1.12. The first-order valence-electron chi connectivity index (χ1n) is 4.97. The lowest BCUT2D eigenvalue weighted by Gasteiger charge is -2.10. The van der Waals surface area contributed by atoms with E-state index in [1.807, 2.05) is 13.8 Å². The van der Waals surface area contributed by atoms with Gasteiger partial charge in [0.2, 0.25) is 0 Å². The first kappa shape index (κ1) is 11.6. The second kappa shape index (κ2) is 4.82. The van der Waals surface area contributed by atoms with E-state index in [2.05, 4.69) is 10.4 Å². The van der Waals surface area contributed by atoms with Gasteiger partial charge in [-0.3, -0.25) is 9.48 Å². The van der Waals surface area contributed by atoms with Gasteiger partial charge in [-0.15, -0.1) is 0 Å². The summed E-state index contributed by atoms with van der Waals surface area (Å²) in [4.78, 5) is 11.2. The second-order valence-electron chi connectivity index (χ2n) is 3.62. The Morgan fingerprint density at radius 2 is 2.20 bits per heavy atom. The maximum absolute atomic E-state index is 11.2. The molecule has 1 rings (SSSR count). The minimum absolute atomic E-state index is 0.146. The number of aromatic nitrogens is 2. The van der Waals surface area contributed by atoms with Gasteiger partial charge in [-0.2, -0.15) is 5.10 Å². The molecule has 0 saturated carbocycles. The quantitative estimate of drug-likeness (QED) is 0.807. The number of hydrogen-bond acceptors (Lipinski definition) is 3. The molecule has 0 aliphatic carbocycles. The predicted molar refractivity (Wildman–Crippen MR) is 56.8 cm³/mol. The van der Waals surface area contributed by atoms with Gasteiger partial charge in [0.25, 0.3) is 5.91 Å². The van der Waals surface area contributed by atoms with Crippen LogP contribution in [-0.2, 0) is 4.79 Å². The van der Waals surface area contributed by atoms with E-state index >= 15 is 0 Å². The third-order valence-corrected chi connectivity index (χ3v) is 2.04. The Labute approximate surface area is 89.4 Å². The van der Waals surface area contributed by atoms with Crippen molar-refractivity contribution in [2.45, 2.75) is 32.9 Å². The molecule has 5 nitrogen and oxygen atoms in total. The SMILES string of the molecule is CNC(=O)C(C)Oc1cnn(C(C)C)c1. The molecule has 1 heterocycles. The molecule has 0 saturated heterocycles. The summed E-state index contributed by atoms with van der Waals surface area (Å²) in [5, 5.41) is 6.64. The standard InChI is InChI=1S/C10H17N3O2/c1-7(2)13-6-9(5-12-13)15-8(3)10(14)11-4/h5-8H,1-4H3,(H,11,14). The van der Waals surface area contributed by atoms with Crippen LogP contribution < -0.4 is 10.1 Å². The molecule has 0 spiro atoms. The van der Waals surface area contributed by atoms with E-state index in [0.29, 0.717) is 5.75 Å². The normalized spacial score (nSPS) is 12.6. The smallest absolute Gasteiger partial charge is 0.260 e. The van der Waals surface area contributed by atoms with Crippen molar-refractivity contribution < 1.29 is 9.53 Å². The molecule has 1 amide bonds. The van der Waals surface area contributed by atoms with E-state index in [0.717, 1.165) is 0 Å². The maximum atomic E-state index is 11.2. The van der Waals surface area contributed by atoms with Crippen molar-refractivity contribution in [3.63, 3.8) is 0 Å². The molecule has 0 bridgehead atoms. The van der Waals surface area contributed by atoms with Gasteiger partial charge in [0.1, 0.15) is 0 Å². The Morgan fingerprint density at radius 1 is 1.53 bits per heavy atom. The zero-order chi connectivity index (χ0) is 11.4. The Hall–Kier alpha value is -1.52. The Bertz CT molecular complexity index is 333. The summed E-state index contributed by atoms with van der Waals surface area (Å²) in [5.74, 6) is 0.465. The molecule has 5 heteroatoms. The van der Waals surface area contributed by atoms with Crippen molar-refractivity contribution in [3.8, 4) is 5.75 Å². The van der Waals surface area contributed by atoms with Gasteiger partial charge in [0.05, 0.1) is 12.4 Å². The third kappa shape index (κ3) is 2.97. The molecular formula is C10H17N3O2. The van der Waals surface area contributed by atoms with Crippen LogP contribution in [0, 0.1) is 0 Å². The van der Waals surface area contributed by atoms with Crippen LogP contribution in [0.5, 0.6) is 5.75 Å². The van der Waals surface area contributed by atoms with Gasteiger partial charge in [0, 0.05) is 13.1 Å². The third-order valence-electron chi connectivity index (χ3n) is 2.04. The van der Waals surface area contributed by atoms with Crippen LogP contribution in [-0.4, -0.2) is 28.8 Å². The van der Waals surface area contributed by atoms with Gasteiger partial charge < -0.3 is 10.1 Å². The number of hydrogen-bond donors (Lipinski definition) is 1. The highest BCUT2D eigenvalue weighted by Crippen LogP contribution is 2.13. The van der Waals surface area contributed by atoms with Gasteiger partial charge in [-0.1, -0.05) is 0 Å². The topological polar surface area (TPSA) is 56.1 Å². The van der Waals surface area contributed by atoms with Crippen LogP contribution in [0.2, 0.25) is 0 Å². The summed E-state index contributed by atoms with van der Waals surface area (Å²) in [7, 11) is 1.58. The summed E-state index contributed by atoms with van der Waals surface area (Å²) in [6, 6.07) is 0.289. The fourth-order valence-corrected chi connectivity index (χ4v) is 1.12. The van der Waals surface area contributed by atoms with E-state index in [-0.39, 0.29) is 11.9 Å². The van der Waals surface area contributed by atoms with Crippen LogP contribution >= 0.6 is 0 Å². The molecule has 0 radical (unpaired) electrons. The largest absolute Gasteiger partial charge is 0.478 e. The average molecular weight is 211 g/mol. The number of carbonyl (C=O) groups is 1. The van der Waals surface area contributed by atoms with Crippen LogP contribution in [0.25, 0.3) is 0 Å². The summed E-state index contributed by atoms with van der Waals surface area (Å²) >= 11 is 0. The number of nitrogens with zero attached hydrogens (tertiary/aromatic N) is 2. The number of ether oxygens (including phenoxy) is 1. The van der Waals surface area contributed by atoms with Crippen molar-refractivity contribution in [2.75, 3.05) is 7.05 Å². The number of likely N-dealkylation sites (N-methyl/N-ethyl adjacent to an activating group) is 1. The molecule has 0 aliphatic rings. The van der Waals surface area contributed by atoms with E-state index in [4.69, 9.17) is 4.74 Å². The zero-order valence-electron chi connectivity index (χ0n) is 9.52. The van der Waals surface area contributed by atoms with Gasteiger partial charge in [-0.05, 0) is 20.8 Å². The Kier molecular flexibility index (Phi) is 3.71.